The molecule has 1 aromatic heterocycles. The third-order valence-corrected chi connectivity index (χ3v) is 4.05. The monoisotopic (exact) mass is 346 g/mol. The number of para-hydroxylation sites is 1. The molecule has 130 valence electrons. The van der Waals surface area contributed by atoms with Crippen molar-refractivity contribution in [1.29, 1.82) is 0 Å². The van der Waals surface area contributed by atoms with Gasteiger partial charge in [-0.2, -0.15) is 0 Å². The molecule has 0 aliphatic rings. The van der Waals surface area contributed by atoms with Crippen LogP contribution >= 0.6 is 11.3 Å². The number of guanidine groups is 1. The van der Waals surface area contributed by atoms with E-state index in [1.807, 2.05) is 45.2 Å². The molecule has 0 fully saturated rings. The van der Waals surface area contributed by atoms with Crippen LogP contribution in [0, 0.1) is 6.92 Å². The van der Waals surface area contributed by atoms with E-state index in [2.05, 4.69) is 33.6 Å². The topological polar surface area (TPSA) is 58.5 Å². The van der Waals surface area contributed by atoms with E-state index in [9.17, 15) is 0 Å². The van der Waals surface area contributed by atoms with Crippen molar-refractivity contribution in [2.45, 2.75) is 46.4 Å². The molecule has 2 N–H and O–H groups in total. The molecule has 0 bridgehead atoms. The number of hydrogen-bond acceptors (Lipinski definition) is 4. The Kier molecular flexibility index (Phi) is 6.20. The minimum Gasteiger partial charge on any atom is -0.488 e. The van der Waals surface area contributed by atoms with E-state index in [1.165, 1.54) is 4.88 Å². The average Bonchev–Trinajstić information content (AvgIpc) is 2.93. The molecule has 1 heterocycles. The average molecular weight is 347 g/mol. The summed E-state index contributed by atoms with van der Waals surface area (Å²) in [5.41, 5.74) is 0.874. The zero-order valence-corrected chi connectivity index (χ0v) is 15.8. The van der Waals surface area contributed by atoms with Gasteiger partial charge in [0.15, 0.2) is 5.96 Å². The fraction of sp³-hybridized carbons (Fsp3) is 0.444. The first kappa shape index (κ1) is 18.3. The lowest BCUT2D eigenvalue weighted by molar-refractivity contribution is 0.129. The molecule has 0 aliphatic heterocycles. The summed E-state index contributed by atoms with van der Waals surface area (Å²) in [6.07, 6.45) is 1.89. The third kappa shape index (κ3) is 5.85. The smallest absolute Gasteiger partial charge is 0.191 e. The van der Waals surface area contributed by atoms with Crippen LogP contribution in [0.4, 0.5) is 0 Å². The highest BCUT2D eigenvalue weighted by atomic mass is 32.1. The summed E-state index contributed by atoms with van der Waals surface area (Å²) in [4.78, 5) is 9.82. The number of ether oxygens (including phenoxy) is 1. The predicted molar refractivity (Wildman–Crippen MR) is 101 cm³/mol. The number of aromatic nitrogens is 1. The molecule has 0 radical (unpaired) electrons. The molecule has 0 aliphatic carbocycles. The molecule has 24 heavy (non-hydrogen) atoms. The number of thiazole rings is 1. The molecule has 0 saturated carbocycles. The highest BCUT2D eigenvalue weighted by Crippen LogP contribution is 2.22. The van der Waals surface area contributed by atoms with E-state index in [0.29, 0.717) is 13.1 Å². The van der Waals surface area contributed by atoms with E-state index in [-0.39, 0.29) is 5.60 Å². The highest BCUT2D eigenvalue weighted by molar-refractivity contribution is 7.11. The van der Waals surface area contributed by atoms with Gasteiger partial charge in [-0.3, -0.25) is 4.99 Å². The summed E-state index contributed by atoms with van der Waals surface area (Å²) in [6, 6.07) is 8.06. The van der Waals surface area contributed by atoms with Crippen LogP contribution in [-0.4, -0.2) is 23.6 Å². The Hall–Kier alpha value is -2.08. The van der Waals surface area contributed by atoms with Gasteiger partial charge in [-0.1, -0.05) is 18.2 Å². The second kappa shape index (κ2) is 8.15. The maximum Gasteiger partial charge on any atom is 0.191 e. The van der Waals surface area contributed by atoms with Crippen molar-refractivity contribution in [2.24, 2.45) is 4.99 Å². The van der Waals surface area contributed by atoms with Crippen LogP contribution in [0.25, 0.3) is 0 Å². The van der Waals surface area contributed by atoms with Gasteiger partial charge in [0, 0.05) is 30.2 Å². The van der Waals surface area contributed by atoms with Gasteiger partial charge in [0.1, 0.15) is 16.4 Å². The van der Waals surface area contributed by atoms with Crippen molar-refractivity contribution >= 4 is 17.3 Å². The van der Waals surface area contributed by atoms with Crippen LogP contribution in [0.3, 0.4) is 0 Å². The van der Waals surface area contributed by atoms with Crippen molar-refractivity contribution in [3.63, 3.8) is 0 Å². The first-order valence-electron chi connectivity index (χ1n) is 8.00. The fourth-order valence-corrected chi connectivity index (χ4v) is 2.85. The van der Waals surface area contributed by atoms with Crippen LogP contribution in [0.15, 0.2) is 35.5 Å². The van der Waals surface area contributed by atoms with Crippen molar-refractivity contribution in [2.75, 3.05) is 7.05 Å². The Morgan fingerprint density at radius 2 is 1.92 bits per heavy atom. The summed E-state index contributed by atoms with van der Waals surface area (Å²) in [5.74, 6) is 1.64. The minimum atomic E-state index is -0.223. The Labute approximate surface area is 148 Å². The maximum absolute atomic E-state index is 6.02. The number of rotatable bonds is 5. The lowest BCUT2D eigenvalue weighted by Gasteiger charge is -2.23. The molecular weight excluding hydrogens is 320 g/mol. The van der Waals surface area contributed by atoms with Gasteiger partial charge >= 0.3 is 0 Å². The normalized spacial score (nSPS) is 12.1. The first-order chi connectivity index (χ1) is 11.4. The number of nitrogens with zero attached hydrogens (tertiary/aromatic N) is 2. The van der Waals surface area contributed by atoms with Gasteiger partial charge in [-0.05, 0) is 33.8 Å². The van der Waals surface area contributed by atoms with Gasteiger partial charge in [0.05, 0.1) is 6.54 Å². The summed E-state index contributed by atoms with van der Waals surface area (Å²) in [5, 5.41) is 7.66. The number of hydrogen-bond donors (Lipinski definition) is 2. The molecular formula is C18H26N4OS. The third-order valence-electron chi connectivity index (χ3n) is 3.13. The summed E-state index contributed by atoms with van der Waals surface area (Å²) < 4.78 is 6.02. The molecule has 0 unspecified atom stereocenters. The number of nitrogens with one attached hydrogen (secondary N) is 2. The van der Waals surface area contributed by atoms with Crippen LogP contribution in [0.2, 0.25) is 0 Å². The first-order valence-corrected chi connectivity index (χ1v) is 8.82. The lowest BCUT2D eigenvalue weighted by Crippen LogP contribution is -2.36. The summed E-state index contributed by atoms with van der Waals surface area (Å²) in [6.45, 7) is 9.51. The number of benzene rings is 1. The molecule has 1 aromatic carbocycles. The number of aliphatic imine (C=N–C) groups is 1. The molecule has 0 atom stereocenters. The SMILES string of the molecule is CN=C(NCc1ncc(C)s1)NCc1ccccc1OC(C)(C)C. The van der Waals surface area contributed by atoms with E-state index < -0.39 is 0 Å². The van der Waals surface area contributed by atoms with Gasteiger partial charge in [-0.25, -0.2) is 4.98 Å². The van der Waals surface area contributed by atoms with Crippen molar-refractivity contribution in [3.8, 4) is 5.75 Å². The largest absolute Gasteiger partial charge is 0.488 e. The molecule has 5 nitrogen and oxygen atoms in total. The van der Waals surface area contributed by atoms with E-state index in [0.717, 1.165) is 22.3 Å². The van der Waals surface area contributed by atoms with E-state index in [1.54, 1.807) is 18.4 Å². The molecule has 0 amide bonds. The molecule has 2 aromatic rings. The predicted octanol–water partition coefficient (Wildman–Crippen LogP) is 3.49. The van der Waals surface area contributed by atoms with Gasteiger partial charge in [-0.15, -0.1) is 11.3 Å². The van der Waals surface area contributed by atoms with E-state index >= 15 is 0 Å². The van der Waals surface area contributed by atoms with Crippen molar-refractivity contribution < 1.29 is 4.74 Å². The second-order valence-electron chi connectivity index (χ2n) is 6.47. The van der Waals surface area contributed by atoms with Crippen LogP contribution in [0.1, 0.15) is 36.2 Å². The standard InChI is InChI=1S/C18H26N4OS/c1-13-10-20-16(24-13)12-22-17(19-5)21-11-14-8-6-7-9-15(14)23-18(2,3)4/h6-10H,11-12H2,1-5H3,(H2,19,21,22). The molecule has 2 rings (SSSR count). The summed E-state index contributed by atoms with van der Waals surface area (Å²) in [7, 11) is 1.76. The zero-order valence-electron chi connectivity index (χ0n) is 15.0. The quantitative estimate of drug-likeness (QED) is 0.643. The van der Waals surface area contributed by atoms with Crippen molar-refractivity contribution in [3.05, 3.63) is 45.9 Å². The van der Waals surface area contributed by atoms with Gasteiger partial charge in [0.2, 0.25) is 0 Å². The molecule has 0 saturated heterocycles. The zero-order chi connectivity index (χ0) is 17.6. The summed E-state index contributed by atoms with van der Waals surface area (Å²) >= 11 is 1.69. The Morgan fingerprint density at radius 1 is 1.21 bits per heavy atom. The molecule has 6 heteroatoms. The highest BCUT2D eigenvalue weighted by Gasteiger charge is 2.14. The van der Waals surface area contributed by atoms with Crippen LogP contribution < -0.4 is 15.4 Å². The fourth-order valence-electron chi connectivity index (χ4n) is 2.12. The van der Waals surface area contributed by atoms with Gasteiger partial charge in [0.25, 0.3) is 0 Å². The van der Waals surface area contributed by atoms with Crippen LogP contribution in [0.5, 0.6) is 5.75 Å². The Bertz CT molecular complexity index is 688. The Morgan fingerprint density at radius 3 is 2.54 bits per heavy atom. The lowest BCUT2D eigenvalue weighted by atomic mass is 10.1. The number of aryl methyl sites for hydroxylation is 1. The maximum atomic E-state index is 6.02. The second-order valence-corrected chi connectivity index (χ2v) is 7.79. The van der Waals surface area contributed by atoms with Crippen molar-refractivity contribution in [1.82, 2.24) is 15.6 Å². The van der Waals surface area contributed by atoms with E-state index in [4.69, 9.17) is 4.74 Å². The van der Waals surface area contributed by atoms with Crippen LogP contribution in [-0.2, 0) is 13.1 Å². The molecule has 0 spiro atoms. The Balaban J connectivity index is 1.93. The van der Waals surface area contributed by atoms with Gasteiger partial charge < -0.3 is 15.4 Å². The minimum absolute atomic E-state index is 0.223.